The fourth-order valence-electron chi connectivity index (χ4n) is 1.16. The molecular formula is C11H13ClO2. The molecule has 1 rings (SSSR count). The second-order valence-corrected chi connectivity index (χ2v) is 3.19. The van der Waals surface area contributed by atoms with Crippen LogP contribution >= 0.6 is 11.6 Å². The van der Waals surface area contributed by atoms with E-state index in [2.05, 4.69) is 0 Å². The van der Waals surface area contributed by atoms with Crippen LogP contribution in [0.4, 0.5) is 0 Å². The second-order valence-electron chi connectivity index (χ2n) is 2.81. The molecule has 3 heteroatoms. The number of hydrogen-bond acceptors (Lipinski definition) is 2. The first-order valence-corrected chi connectivity index (χ1v) is 5.14. The molecule has 0 unspecified atom stereocenters. The van der Waals surface area contributed by atoms with Crippen LogP contribution in [0.1, 0.15) is 23.7 Å². The van der Waals surface area contributed by atoms with E-state index >= 15 is 0 Å². The van der Waals surface area contributed by atoms with Gasteiger partial charge in [-0.2, -0.15) is 0 Å². The van der Waals surface area contributed by atoms with Gasteiger partial charge < -0.3 is 4.74 Å². The summed E-state index contributed by atoms with van der Waals surface area (Å²) in [5.41, 5.74) is 0.639. The fraction of sp³-hybridized carbons (Fsp3) is 0.364. The highest BCUT2D eigenvalue weighted by atomic mass is 35.5. The summed E-state index contributed by atoms with van der Waals surface area (Å²) in [6.45, 7) is 2.26. The first-order chi connectivity index (χ1) is 6.79. The van der Waals surface area contributed by atoms with Crippen LogP contribution in [0.5, 0.6) is 5.75 Å². The largest absolute Gasteiger partial charge is 0.492 e. The van der Waals surface area contributed by atoms with Gasteiger partial charge in [0.15, 0.2) is 5.78 Å². The standard InChI is InChI=1S/C11H13ClO2/c1-2-10(13)9-5-3-4-6-11(9)14-8-7-12/h3-6H,2,7-8H2,1H3. The highest BCUT2D eigenvalue weighted by Crippen LogP contribution is 2.19. The van der Waals surface area contributed by atoms with Gasteiger partial charge >= 0.3 is 0 Å². The van der Waals surface area contributed by atoms with Crippen molar-refractivity contribution >= 4 is 17.4 Å². The molecule has 0 fully saturated rings. The lowest BCUT2D eigenvalue weighted by Gasteiger charge is -2.08. The predicted molar refractivity (Wildman–Crippen MR) is 57.3 cm³/mol. The molecule has 0 aliphatic rings. The van der Waals surface area contributed by atoms with E-state index in [-0.39, 0.29) is 5.78 Å². The van der Waals surface area contributed by atoms with Crippen molar-refractivity contribution in [2.24, 2.45) is 0 Å². The Hall–Kier alpha value is -1.02. The van der Waals surface area contributed by atoms with Crippen LogP contribution in [0.15, 0.2) is 24.3 Å². The smallest absolute Gasteiger partial charge is 0.166 e. The van der Waals surface area contributed by atoms with Gasteiger partial charge in [0, 0.05) is 6.42 Å². The number of ketones is 1. The van der Waals surface area contributed by atoms with E-state index in [1.54, 1.807) is 12.1 Å². The molecule has 0 spiro atoms. The zero-order valence-corrected chi connectivity index (χ0v) is 8.88. The summed E-state index contributed by atoms with van der Waals surface area (Å²) >= 11 is 5.51. The van der Waals surface area contributed by atoms with Crippen LogP contribution < -0.4 is 4.74 Å². The summed E-state index contributed by atoms with van der Waals surface area (Å²) in [6.07, 6.45) is 0.487. The van der Waals surface area contributed by atoms with Gasteiger partial charge in [-0.3, -0.25) is 4.79 Å². The van der Waals surface area contributed by atoms with Gasteiger partial charge in [0.2, 0.25) is 0 Å². The van der Waals surface area contributed by atoms with Crippen molar-refractivity contribution in [1.29, 1.82) is 0 Å². The molecule has 0 aliphatic carbocycles. The summed E-state index contributed by atoms with van der Waals surface area (Å²) in [4.78, 5) is 11.5. The van der Waals surface area contributed by atoms with Gasteiger partial charge in [-0.05, 0) is 12.1 Å². The summed E-state index contributed by atoms with van der Waals surface area (Å²) in [6, 6.07) is 7.23. The van der Waals surface area contributed by atoms with Crippen molar-refractivity contribution in [3.63, 3.8) is 0 Å². The summed E-state index contributed by atoms with van der Waals surface area (Å²) in [5.74, 6) is 1.14. The maximum absolute atomic E-state index is 11.5. The highest BCUT2D eigenvalue weighted by molar-refractivity contribution is 6.18. The monoisotopic (exact) mass is 212 g/mol. The van der Waals surface area contributed by atoms with Crippen molar-refractivity contribution < 1.29 is 9.53 Å². The lowest BCUT2D eigenvalue weighted by molar-refractivity contribution is 0.0984. The third-order valence-corrected chi connectivity index (χ3v) is 2.00. The van der Waals surface area contributed by atoms with Crippen molar-refractivity contribution in [1.82, 2.24) is 0 Å². The number of halogens is 1. The Morgan fingerprint density at radius 1 is 1.43 bits per heavy atom. The second kappa shape index (κ2) is 5.66. The molecule has 0 saturated heterocycles. The minimum atomic E-state index is 0.0928. The molecule has 0 atom stereocenters. The summed E-state index contributed by atoms with van der Waals surface area (Å²) < 4.78 is 5.36. The van der Waals surface area contributed by atoms with E-state index in [9.17, 15) is 4.79 Å². The number of benzene rings is 1. The Kier molecular flexibility index (Phi) is 4.47. The van der Waals surface area contributed by atoms with E-state index in [1.165, 1.54) is 0 Å². The molecule has 0 amide bonds. The van der Waals surface area contributed by atoms with Crippen LogP contribution in [-0.4, -0.2) is 18.3 Å². The van der Waals surface area contributed by atoms with E-state index in [0.717, 1.165) is 0 Å². The molecule has 2 nitrogen and oxygen atoms in total. The van der Waals surface area contributed by atoms with Crippen molar-refractivity contribution in [2.75, 3.05) is 12.5 Å². The van der Waals surface area contributed by atoms with Crippen LogP contribution in [-0.2, 0) is 0 Å². The van der Waals surface area contributed by atoms with E-state index in [1.807, 2.05) is 19.1 Å². The van der Waals surface area contributed by atoms with E-state index < -0.39 is 0 Å². The van der Waals surface area contributed by atoms with Gasteiger partial charge in [-0.15, -0.1) is 11.6 Å². The maximum atomic E-state index is 11.5. The minimum absolute atomic E-state index is 0.0928. The molecule has 0 aliphatic heterocycles. The third kappa shape index (κ3) is 2.74. The lowest BCUT2D eigenvalue weighted by atomic mass is 10.1. The number of hydrogen-bond donors (Lipinski definition) is 0. The van der Waals surface area contributed by atoms with Crippen LogP contribution in [0.2, 0.25) is 0 Å². The topological polar surface area (TPSA) is 26.3 Å². The first kappa shape index (κ1) is 11.1. The van der Waals surface area contributed by atoms with Gasteiger partial charge in [-0.25, -0.2) is 0 Å². The van der Waals surface area contributed by atoms with Gasteiger partial charge in [0.1, 0.15) is 12.4 Å². The van der Waals surface area contributed by atoms with E-state index in [0.29, 0.717) is 30.2 Å². The number of alkyl halides is 1. The average molecular weight is 213 g/mol. The molecule has 1 aromatic carbocycles. The molecular weight excluding hydrogens is 200 g/mol. The van der Waals surface area contributed by atoms with Gasteiger partial charge in [0.25, 0.3) is 0 Å². The Morgan fingerprint density at radius 3 is 2.79 bits per heavy atom. The number of para-hydroxylation sites is 1. The molecule has 0 aromatic heterocycles. The number of Topliss-reactive ketones (excluding diaryl/α,β-unsaturated/α-hetero) is 1. The third-order valence-electron chi connectivity index (χ3n) is 1.84. The van der Waals surface area contributed by atoms with Gasteiger partial charge in [0.05, 0.1) is 11.4 Å². The maximum Gasteiger partial charge on any atom is 0.166 e. The molecule has 76 valence electrons. The average Bonchev–Trinajstić information content (AvgIpc) is 2.25. The highest BCUT2D eigenvalue weighted by Gasteiger charge is 2.09. The lowest BCUT2D eigenvalue weighted by Crippen LogP contribution is -2.04. The van der Waals surface area contributed by atoms with Crippen LogP contribution in [0.25, 0.3) is 0 Å². The van der Waals surface area contributed by atoms with E-state index in [4.69, 9.17) is 16.3 Å². The molecule has 0 N–H and O–H groups in total. The van der Waals surface area contributed by atoms with Crippen molar-refractivity contribution in [3.8, 4) is 5.75 Å². The SMILES string of the molecule is CCC(=O)c1ccccc1OCCCl. The molecule has 0 heterocycles. The minimum Gasteiger partial charge on any atom is -0.492 e. The predicted octanol–water partition coefficient (Wildman–Crippen LogP) is 2.90. The zero-order valence-electron chi connectivity index (χ0n) is 8.13. The van der Waals surface area contributed by atoms with Gasteiger partial charge in [-0.1, -0.05) is 19.1 Å². The quantitative estimate of drug-likeness (QED) is 0.554. The first-order valence-electron chi connectivity index (χ1n) is 4.60. The number of rotatable bonds is 5. The summed E-state index contributed by atoms with van der Waals surface area (Å²) in [7, 11) is 0. The normalized spacial score (nSPS) is 9.86. The number of carbonyl (C=O) groups is 1. The Bertz CT molecular complexity index is 310. The molecule has 0 saturated carbocycles. The Balaban J connectivity index is 2.85. The van der Waals surface area contributed by atoms with Crippen molar-refractivity contribution in [3.05, 3.63) is 29.8 Å². The molecule has 0 radical (unpaired) electrons. The van der Waals surface area contributed by atoms with Crippen LogP contribution in [0, 0.1) is 0 Å². The zero-order chi connectivity index (χ0) is 10.4. The summed E-state index contributed by atoms with van der Waals surface area (Å²) in [5, 5.41) is 0. The number of carbonyl (C=O) groups excluding carboxylic acids is 1. The van der Waals surface area contributed by atoms with Crippen LogP contribution in [0.3, 0.4) is 0 Å². The molecule has 1 aromatic rings. The Labute approximate surface area is 88.8 Å². The molecule has 0 bridgehead atoms. The molecule has 14 heavy (non-hydrogen) atoms. The van der Waals surface area contributed by atoms with Crippen molar-refractivity contribution in [2.45, 2.75) is 13.3 Å². The fourth-order valence-corrected chi connectivity index (χ4v) is 1.24. The Morgan fingerprint density at radius 2 is 2.14 bits per heavy atom. The number of ether oxygens (including phenoxy) is 1.